The van der Waals surface area contributed by atoms with Gasteiger partial charge in [-0.15, -0.1) is 0 Å². The van der Waals surface area contributed by atoms with Gasteiger partial charge in [-0.25, -0.2) is 13.8 Å². The molecule has 0 amide bonds. The summed E-state index contributed by atoms with van der Waals surface area (Å²) < 4.78 is 29.3. The molecule has 0 spiro atoms. The van der Waals surface area contributed by atoms with Crippen molar-refractivity contribution in [2.45, 2.75) is 18.9 Å². The van der Waals surface area contributed by atoms with Crippen LogP contribution in [0.4, 0.5) is 26.4 Å². The lowest BCUT2D eigenvalue weighted by atomic mass is 10.1. The van der Waals surface area contributed by atoms with E-state index < -0.39 is 23.2 Å². The van der Waals surface area contributed by atoms with Crippen LogP contribution in [0.25, 0.3) is 16.6 Å². The minimum atomic E-state index is -0.605. The number of rotatable bonds is 5. The summed E-state index contributed by atoms with van der Waals surface area (Å²) in [6.45, 7) is 0. The van der Waals surface area contributed by atoms with Gasteiger partial charge in [0.2, 0.25) is 5.95 Å². The van der Waals surface area contributed by atoms with Gasteiger partial charge in [-0.05, 0) is 55.2 Å². The van der Waals surface area contributed by atoms with E-state index in [9.17, 15) is 18.8 Å². The van der Waals surface area contributed by atoms with Gasteiger partial charge in [0, 0.05) is 0 Å². The fraction of sp³-hybridized carbons (Fsp3) is 0.174. The molecule has 1 aliphatic rings. The van der Waals surface area contributed by atoms with Crippen molar-refractivity contribution in [2.75, 3.05) is 16.8 Å². The van der Waals surface area contributed by atoms with Gasteiger partial charge in [0.25, 0.3) is 5.56 Å². The number of aromatic nitrogens is 4. The van der Waals surface area contributed by atoms with E-state index in [1.54, 1.807) is 6.07 Å². The average Bonchev–Trinajstić information content (AvgIpc) is 3.63. The third-order valence-electron chi connectivity index (χ3n) is 5.65. The second kappa shape index (κ2) is 8.08. The van der Waals surface area contributed by atoms with Crippen molar-refractivity contribution in [3.05, 3.63) is 75.8 Å². The molecule has 5 N–H and O–H groups in total. The van der Waals surface area contributed by atoms with Gasteiger partial charge in [-0.2, -0.15) is 15.2 Å². The van der Waals surface area contributed by atoms with Crippen LogP contribution in [0, 0.1) is 28.9 Å². The van der Waals surface area contributed by atoms with E-state index in [4.69, 9.17) is 11.5 Å². The fourth-order valence-electron chi connectivity index (χ4n) is 3.93. The Kier molecular flexibility index (Phi) is 5.05. The first-order valence-electron chi connectivity index (χ1n) is 10.4. The summed E-state index contributed by atoms with van der Waals surface area (Å²) in [5, 5.41) is 12.8. The lowest BCUT2D eigenvalue weighted by Gasteiger charge is -2.23. The summed E-state index contributed by atoms with van der Waals surface area (Å²) >= 11 is 0. The molecule has 9 nitrogen and oxygen atoms in total. The highest BCUT2D eigenvalue weighted by Gasteiger charge is 2.37. The van der Waals surface area contributed by atoms with E-state index in [0.29, 0.717) is 0 Å². The minimum Gasteiger partial charge on any atom is -0.382 e. The van der Waals surface area contributed by atoms with Gasteiger partial charge >= 0.3 is 0 Å². The Labute approximate surface area is 191 Å². The van der Waals surface area contributed by atoms with Crippen LogP contribution in [0.15, 0.2) is 47.3 Å². The summed E-state index contributed by atoms with van der Waals surface area (Å²) in [5.74, 6) is -0.954. The lowest BCUT2D eigenvalue weighted by molar-refractivity contribution is 0.602. The molecule has 2 aromatic carbocycles. The van der Waals surface area contributed by atoms with E-state index in [0.717, 1.165) is 18.9 Å². The van der Waals surface area contributed by atoms with Gasteiger partial charge in [-0.3, -0.25) is 9.36 Å². The van der Waals surface area contributed by atoms with Crippen molar-refractivity contribution in [1.29, 1.82) is 5.26 Å². The highest BCUT2D eigenvalue weighted by molar-refractivity contribution is 5.78. The van der Waals surface area contributed by atoms with Gasteiger partial charge in [0.15, 0.2) is 5.82 Å². The van der Waals surface area contributed by atoms with Gasteiger partial charge < -0.3 is 16.8 Å². The average molecular weight is 460 g/mol. The number of fused-ring (bicyclic) bond motifs is 1. The molecule has 2 heterocycles. The van der Waals surface area contributed by atoms with Gasteiger partial charge in [0.1, 0.15) is 34.9 Å². The first-order valence-corrected chi connectivity index (χ1v) is 10.4. The van der Waals surface area contributed by atoms with Crippen molar-refractivity contribution < 1.29 is 8.78 Å². The highest BCUT2D eigenvalue weighted by atomic mass is 19.1. The van der Waals surface area contributed by atoms with Crippen LogP contribution in [0.3, 0.4) is 0 Å². The molecule has 1 aliphatic carbocycles. The molecule has 170 valence electrons. The molecular formula is C23H18F2N8O. The molecular weight excluding hydrogens is 442 g/mol. The molecule has 0 saturated heterocycles. The summed E-state index contributed by atoms with van der Waals surface area (Å²) in [5.41, 5.74) is 11.5. The first-order chi connectivity index (χ1) is 16.4. The zero-order valence-electron chi connectivity index (χ0n) is 17.7. The Morgan fingerprint density at radius 1 is 1.09 bits per heavy atom. The number of nitrogens with one attached hydrogen (secondary N) is 1. The molecule has 2 aromatic heterocycles. The van der Waals surface area contributed by atoms with Crippen LogP contribution in [-0.4, -0.2) is 19.5 Å². The van der Waals surface area contributed by atoms with Crippen LogP contribution >= 0.6 is 0 Å². The van der Waals surface area contributed by atoms with Crippen LogP contribution in [0.2, 0.25) is 0 Å². The van der Waals surface area contributed by atoms with E-state index in [2.05, 4.69) is 20.3 Å². The van der Waals surface area contributed by atoms with Crippen molar-refractivity contribution in [3.8, 4) is 11.8 Å². The maximum absolute atomic E-state index is 14.1. The Hall–Kier alpha value is -4.59. The van der Waals surface area contributed by atoms with E-state index >= 15 is 0 Å². The molecule has 0 bridgehead atoms. The van der Waals surface area contributed by atoms with Crippen molar-refractivity contribution in [2.24, 2.45) is 5.92 Å². The smallest absolute Gasteiger partial charge is 0.266 e. The normalized spacial score (nSPS) is 14.0. The Bertz CT molecular complexity index is 1540. The fourth-order valence-corrected chi connectivity index (χ4v) is 3.93. The quantitative estimate of drug-likeness (QED) is 0.411. The van der Waals surface area contributed by atoms with Crippen molar-refractivity contribution in [3.63, 3.8) is 0 Å². The zero-order chi connectivity index (χ0) is 24.0. The van der Waals surface area contributed by atoms with Crippen LogP contribution in [-0.2, 0) is 0 Å². The summed E-state index contributed by atoms with van der Waals surface area (Å²) in [4.78, 5) is 26.1. The summed E-state index contributed by atoms with van der Waals surface area (Å²) in [6.07, 6.45) is 1.63. The minimum absolute atomic E-state index is 0.00219. The van der Waals surface area contributed by atoms with Crippen LogP contribution < -0.4 is 22.3 Å². The SMILES string of the molecule is N#Cc1c(N)nc(N)nc1NC(c1nc2ccc(F)cc2c(=O)n1-c1cccc(F)c1)C1CC1. The van der Waals surface area contributed by atoms with E-state index in [-0.39, 0.29) is 51.5 Å². The second-order valence-electron chi connectivity index (χ2n) is 8.01. The van der Waals surface area contributed by atoms with E-state index in [1.807, 2.05) is 6.07 Å². The first kappa shape index (κ1) is 21.3. The molecule has 0 radical (unpaired) electrons. The predicted octanol–water partition coefficient (Wildman–Crippen LogP) is 3.05. The number of nitrogens with zero attached hydrogens (tertiary/aromatic N) is 5. The maximum Gasteiger partial charge on any atom is 0.266 e. The van der Waals surface area contributed by atoms with Crippen LogP contribution in [0.5, 0.6) is 0 Å². The zero-order valence-corrected chi connectivity index (χ0v) is 17.7. The molecule has 0 aliphatic heterocycles. The van der Waals surface area contributed by atoms with Gasteiger partial charge in [0.05, 0.1) is 22.6 Å². The van der Waals surface area contributed by atoms with Crippen molar-refractivity contribution in [1.82, 2.24) is 19.5 Å². The molecule has 1 unspecified atom stereocenters. The van der Waals surface area contributed by atoms with Crippen LogP contribution in [0.1, 0.15) is 30.3 Å². The molecule has 1 saturated carbocycles. The Morgan fingerprint density at radius 3 is 2.56 bits per heavy atom. The molecule has 34 heavy (non-hydrogen) atoms. The number of hydrogen-bond acceptors (Lipinski definition) is 8. The molecule has 11 heteroatoms. The molecule has 1 atom stereocenters. The maximum atomic E-state index is 14.1. The number of hydrogen-bond donors (Lipinski definition) is 3. The monoisotopic (exact) mass is 460 g/mol. The number of nitrogens with two attached hydrogens (primary N) is 2. The Morgan fingerprint density at radius 2 is 1.85 bits per heavy atom. The highest BCUT2D eigenvalue weighted by Crippen LogP contribution is 2.43. The summed E-state index contributed by atoms with van der Waals surface area (Å²) in [6, 6.07) is 10.6. The standard InChI is InChI=1S/C23H18F2N8O/c24-12-2-1-3-14(8-12)33-21(29-17-7-6-13(25)9-15(17)22(33)34)18(11-4-5-11)30-20-16(10-26)19(27)31-23(28)32-20/h1-3,6-9,11,18H,4-5H2,(H5,27,28,30,31,32). The molecule has 4 aromatic rings. The van der Waals surface area contributed by atoms with Crippen molar-refractivity contribution >= 4 is 28.5 Å². The predicted molar refractivity (Wildman–Crippen MR) is 122 cm³/mol. The number of nitrogen functional groups attached to an aromatic ring is 2. The number of benzene rings is 2. The number of halogens is 2. The molecule has 5 rings (SSSR count). The number of anilines is 3. The third kappa shape index (κ3) is 3.75. The number of nitriles is 1. The molecule has 1 fully saturated rings. The lowest BCUT2D eigenvalue weighted by Crippen LogP contribution is -2.29. The second-order valence-corrected chi connectivity index (χ2v) is 8.01. The largest absolute Gasteiger partial charge is 0.382 e. The third-order valence-corrected chi connectivity index (χ3v) is 5.65. The Balaban J connectivity index is 1.76. The van der Waals surface area contributed by atoms with E-state index in [1.165, 1.54) is 34.9 Å². The summed E-state index contributed by atoms with van der Waals surface area (Å²) in [7, 11) is 0. The topological polar surface area (TPSA) is 149 Å². The van der Waals surface area contributed by atoms with Gasteiger partial charge in [-0.1, -0.05) is 6.07 Å².